The van der Waals surface area contributed by atoms with Crippen molar-refractivity contribution in [3.05, 3.63) is 82.2 Å². The number of rotatable bonds is 8. The molecule has 1 aliphatic heterocycles. The van der Waals surface area contributed by atoms with Gasteiger partial charge in [0.05, 0.1) is 16.6 Å². The number of carboxylic acids is 1. The second-order valence-electron chi connectivity index (χ2n) is 11.5. The number of aliphatic carboxylic acids is 1. The lowest BCUT2D eigenvalue weighted by atomic mass is 9.69. The van der Waals surface area contributed by atoms with E-state index in [1.54, 1.807) is 0 Å². The molecule has 0 saturated carbocycles. The molecule has 1 aliphatic rings. The van der Waals surface area contributed by atoms with E-state index in [0.29, 0.717) is 6.54 Å². The molecule has 4 aromatic rings. The molecule has 1 unspecified atom stereocenters. The van der Waals surface area contributed by atoms with Gasteiger partial charge in [-0.15, -0.1) is 5.10 Å². The van der Waals surface area contributed by atoms with E-state index in [4.69, 9.17) is 4.74 Å². The van der Waals surface area contributed by atoms with E-state index >= 15 is 0 Å². The molecular formula is C32H39N5O3. The molecule has 8 nitrogen and oxygen atoms in total. The summed E-state index contributed by atoms with van der Waals surface area (Å²) in [6.45, 7) is 14.9. The van der Waals surface area contributed by atoms with Gasteiger partial charge in [-0.2, -0.15) is 0 Å². The van der Waals surface area contributed by atoms with Crippen molar-refractivity contribution in [1.29, 1.82) is 0 Å². The second kappa shape index (κ2) is 11.0. The molecular weight excluding hydrogens is 502 g/mol. The predicted molar refractivity (Wildman–Crippen MR) is 155 cm³/mol. The Morgan fingerprint density at radius 2 is 1.98 bits per heavy atom. The van der Waals surface area contributed by atoms with Gasteiger partial charge in [0.2, 0.25) is 0 Å². The van der Waals surface area contributed by atoms with Crippen LogP contribution in [0, 0.1) is 19.3 Å². The SMILES string of the molecule is CC[C@@H]1CN(Cc2cc(C(c3ccc4c(nnn4CC)c3C)C(C)(C)C(=O)O)ccc2C)Cc2ncccc2O1. The summed E-state index contributed by atoms with van der Waals surface area (Å²) >= 11 is 0. The van der Waals surface area contributed by atoms with Crippen LogP contribution < -0.4 is 4.74 Å². The second-order valence-corrected chi connectivity index (χ2v) is 11.5. The average Bonchev–Trinajstić information content (AvgIpc) is 3.27. The Morgan fingerprint density at radius 3 is 2.70 bits per heavy atom. The molecule has 0 aliphatic carbocycles. The molecule has 0 saturated heterocycles. The number of aromatic nitrogens is 4. The molecule has 2 aromatic heterocycles. The molecule has 2 atom stereocenters. The van der Waals surface area contributed by atoms with Gasteiger partial charge in [-0.25, -0.2) is 4.68 Å². The molecule has 2 aromatic carbocycles. The Balaban J connectivity index is 1.56. The van der Waals surface area contributed by atoms with Crippen LogP contribution in [0.25, 0.3) is 11.0 Å². The van der Waals surface area contributed by atoms with E-state index in [2.05, 4.69) is 58.3 Å². The maximum atomic E-state index is 12.7. The molecule has 1 N–H and O–H groups in total. The number of nitrogens with zero attached hydrogens (tertiary/aromatic N) is 5. The van der Waals surface area contributed by atoms with Crippen LogP contribution in [-0.2, 0) is 24.4 Å². The number of ether oxygens (including phenoxy) is 1. The fourth-order valence-electron chi connectivity index (χ4n) is 5.88. The number of hydrogen-bond donors (Lipinski definition) is 1. The summed E-state index contributed by atoms with van der Waals surface area (Å²) < 4.78 is 8.14. The zero-order chi connectivity index (χ0) is 28.6. The smallest absolute Gasteiger partial charge is 0.310 e. The van der Waals surface area contributed by atoms with Crippen LogP contribution in [0.15, 0.2) is 48.7 Å². The van der Waals surface area contributed by atoms with Gasteiger partial charge in [0, 0.05) is 38.3 Å². The van der Waals surface area contributed by atoms with E-state index in [0.717, 1.165) is 65.2 Å². The number of hydrogen-bond acceptors (Lipinski definition) is 6. The summed E-state index contributed by atoms with van der Waals surface area (Å²) in [6.07, 6.45) is 2.80. The number of pyridine rings is 1. The van der Waals surface area contributed by atoms with Crippen molar-refractivity contribution in [1.82, 2.24) is 24.9 Å². The highest BCUT2D eigenvalue weighted by Crippen LogP contribution is 2.44. The molecule has 0 spiro atoms. The molecule has 40 heavy (non-hydrogen) atoms. The first kappa shape index (κ1) is 27.8. The van der Waals surface area contributed by atoms with Crippen LogP contribution in [0.1, 0.15) is 73.5 Å². The van der Waals surface area contributed by atoms with Gasteiger partial charge < -0.3 is 9.84 Å². The number of fused-ring (bicyclic) bond motifs is 2. The predicted octanol–water partition coefficient (Wildman–Crippen LogP) is 5.88. The minimum absolute atomic E-state index is 0.0820. The van der Waals surface area contributed by atoms with Gasteiger partial charge in [0.25, 0.3) is 0 Å². The maximum Gasteiger partial charge on any atom is 0.310 e. The first-order valence-corrected chi connectivity index (χ1v) is 14.1. The lowest BCUT2D eigenvalue weighted by Gasteiger charge is -2.33. The van der Waals surface area contributed by atoms with Gasteiger partial charge in [0.15, 0.2) is 0 Å². The minimum atomic E-state index is -1.06. The van der Waals surface area contributed by atoms with Crippen LogP contribution in [-0.4, -0.2) is 48.6 Å². The summed E-state index contributed by atoms with van der Waals surface area (Å²) in [7, 11) is 0. The van der Waals surface area contributed by atoms with E-state index in [-0.39, 0.29) is 12.0 Å². The van der Waals surface area contributed by atoms with Crippen molar-refractivity contribution in [3.8, 4) is 5.75 Å². The van der Waals surface area contributed by atoms with Crippen LogP contribution in [0.3, 0.4) is 0 Å². The topological polar surface area (TPSA) is 93.4 Å². The standard InChI is InChI=1S/C32H39N5O3/c1-7-24-18-36(19-26-28(40-24)10-9-15-33-26)17-23-16-22(12-11-20(23)3)29(32(5,6)31(38)39)25-13-14-27-30(21(25)4)34-35-37(27)8-2/h9-16,24,29H,7-8,17-19H2,1-6H3,(H,38,39)/t24-,29?/m1/s1. The fourth-order valence-corrected chi connectivity index (χ4v) is 5.88. The molecule has 3 heterocycles. The zero-order valence-corrected chi connectivity index (χ0v) is 24.3. The van der Waals surface area contributed by atoms with E-state index in [9.17, 15) is 9.90 Å². The molecule has 0 bridgehead atoms. The van der Waals surface area contributed by atoms with Gasteiger partial charge in [-0.3, -0.25) is 14.7 Å². The van der Waals surface area contributed by atoms with Crippen LogP contribution in [0.5, 0.6) is 5.75 Å². The van der Waals surface area contributed by atoms with Crippen molar-refractivity contribution >= 4 is 17.0 Å². The minimum Gasteiger partial charge on any atom is -0.487 e. The zero-order valence-electron chi connectivity index (χ0n) is 24.3. The van der Waals surface area contributed by atoms with E-state index in [1.165, 1.54) is 11.1 Å². The fraction of sp³-hybridized carbons (Fsp3) is 0.438. The first-order valence-electron chi connectivity index (χ1n) is 14.1. The Kier molecular flexibility index (Phi) is 7.64. The Labute approximate surface area is 236 Å². The molecule has 5 rings (SSSR count). The molecule has 0 fully saturated rings. The highest BCUT2D eigenvalue weighted by molar-refractivity contribution is 5.82. The third-order valence-corrected chi connectivity index (χ3v) is 8.40. The third-order valence-electron chi connectivity index (χ3n) is 8.40. The monoisotopic (exact) mass is 541 g/mol. The summed E-state index contributed by atoms with van der Waals surface area (Å²) in [6, 6.07) is 14.4. The van der Waals surface area contributed by atoms with Crippen molar-refractivity contribution in [2.24, 2.45) is 5.41 Å². The summed E-state index contributed by atoms with van der Waals surface area (Å²) in [5, 5.41) is 19.1. The van der Waals surface area contributed by atoms with Crippen LogP contribution in [0.2, 0.25) is 0 Å². The van der Waals surface area contributed by atoms with Crippen molar-refractivity contribution in [2.75, 3.05) is 6.54 Å². The van der Waals surface area contributed by atoms with Crippen molar-refractivity contribution in [3.63, 3.8) is 0 Å². The van der Waals surface area contributed by atoms with Gasteiger partial charge >= 0.3 is 5.97 Å². The number of aryl methyl sites for hydroxylation is 3. The van der Waals surface area contributed by atoms with E-state index < -0.39 is 11.4 Å². The first-order chi connectivity index (χ1) is 19.1. The number of benzene rings is 2. The van der Waals surface area contributed by atoms with Gasteiger partial charge in [-0.05, 0) is 87.1 Å². The lowest BCUT2D eigenvalue weighted by Crippen LogP contribution is -2.33. The Morgan fingerprint density at radius 1 is 1.18 bits per heavy atom. The number of carboxylic acid groups (broad SMARTS) is 1. The lowest BCUT2D eigenvalue weighted by molar-refractivity contribution is -0.147. The maximum absolute atomic E-state index is 12.7. The van der Waals surface area contributed by atoms with Crippen LogP contribution in [0.4, 0.5) is 0 Å². The highest BCUT2D eigenvalue weighted by atomic mass is 16.5. The summed E-state index contributed by atoms with van der Waals surface area (Å²) in [5.74, 6) is -0.357. The van der Waals surface area contributed by atoms with Crippen LogP contribution >= 0.6 is 0 Å². The third kappa shape index (κ3) is 5.08. The summed E-state index contributed by atoms with van der Waals surface area (Å²) in [4.78, 5) is 19.6. The quantitative estimate of drug-likeness (QED) is 0.298. The molecule has 0 radical (unpaired) electrons. The summed E-state index contributed by atoms with van der Waals surface area (Å²) in [5.41, 5.74) is 6.93. The van der Waals surface area contributed by atoms with Crippen molar-refractivity contribution < 1.29 is 14.6 Å². The molecule has 8 heteroatoms. The highest BCUT2D eigenvalue weighted by Gasteiger charge is 2.40. The Bertz CT molecular complexity index is 1540. The Hall–Kier alpha value is -3.78. The molecule has 0 amide bonds. The van der Waals surface area contributed by atoms with Crippen molar-refractivity contribution in [2.45, 2.75) is 79.6 Å². The average molecular weight is 542 g/mol. The normalized spacial score (nSPS) is 16.8. The number of carbonyl (C=O) groups is 1. The van der Waals surface area contributed by atoms with Gasteiger partial charge in [0.1, 0.15) is 17.4 Å². The largest absolute Gasteiger partial charge is 0.487 e. The van der Waals surface area contributed by atoms with Gasteiger partial charge in [-0.1, -0.05) is 36.4 Å². The van der Waals surface area contributed by atoms with E-state index in [1.807, 2.05) is 56.8 Å². The molecule has 210 valence electrons.